The summed E-state index contributed by atoms with van der Waals surface area (Å²) in [7, 11) is 0. The van der Waals surface area contributed by atoms with Gasteiger partial charge in [0.15, 0.2) is 0 Å². The van der Waals surface area contributed by atoms with E-state index in [0.717, 1.165) is 16.7 Å². The van der Waals surface area contributed by atoms with E-state index < -0.39 is 41.0 Å². The minimum Gasteiger partial charge on any atom is -0.338 e. The minimum atomic E-state index is -5.07. The number of nitrogens with zero attached hydrogens (tertiary/aromatic N) is 2. The van der Waals surface area contributed by atoms with Crippen molar-refractivity contribution < 1.29 is 35.9 Å². The van der Waals surface area contributed by atoms with Crippen molar-refractivity contribution in [3.63, 3.8) is 0 Å². The van der Waals surface area contributed by atoms with Crippen molar-refractivity contribution in [3.8, 4) is 0 Å². The highest BCUT2D eigenvalue weighted by molar-refractivity contribution is 6.27. The van der Waals surface area contributed by atoms with E-state index in [1.165, 1.54) is 9.80 Å². The quantitative estimate of drug-likeness (QED) is 0.396. The van der Waals surface area contributed by atoms with Crippen molar-refractivity contribution in [1.29, 1.82) is 0 Å². The second-order valence-electron chi connectivity index (χ2n) is 8.54. The maximum Gasteiger partial charge on any atom is 0.416 e. The molecule has 0 saturated carbocycles. The number of carbonyl (C=O) groups excluding carboxylic acids is 2. The molecular formula is C24H23ClF6N2O2. The second-order valence-corrected chi connectivity index (χ2v) is 8.81. The standard InChI is InChI=1S/C24H23ClF6N2O2/c1-14-3-4-16(7-15(14)2)8-20-13-32(21(34)12-25)5-6-33(20)22(35)17-9-18(23(26,27)28)11-19(10-17)24(29,30)31/h3-4,7,9-11,20H,5-6,8,12-13H2,1-2H3/t20-/m1/s1. The lowest BCUT2D eigenvalue weighted by molar-refractivity contribution is -0.143. The van der Waals surface area contributed by atoms with Gasteiger partial charge in [0, 0.05) is 25.2 Å². The van der Waals surface area contributed by atoms with Gasteiger partial charge < -0.3 is 9.80 Å². The van der Waals surface area contributed by atoms with Crippen LogP contribution >= 0.6 is 11.6 Å². The van der Waals surface area contributed by atoms with Crippen molar-refractivity contribution in [2.45, 2.75) is 38.7 Å². The van der Waals surface area contributed by atoms with Crippen LogP contribution in [-0.4, -0.2) is 53.2 Å². The number of piperazine rings is 1. The summed E-state index contributed by atoms with van der Waals surface area (Å²) >= 11 is 5.66. The predicted octanol–water partition coefficient (Wildman–Crippen LogP) is 5.48. The van der Waals surface area contributed by atoms with Crippen LogP contribution in [0.2, 0.25) is 0 Å². The molecule has 1 atom stereocenters. The third-order valence-corrected chi connectivity index (χ3v) is 6.32. The molecule has 0 N–H and O–H groups in total. The maximum atomic E-state index is 13.3. The van der Waals surface area contributed by atoms with E-state index in [9.17, 15) is 35.9 Å². The largest absolute Gasteiger partial charge is 0.416 e. The Bertz CT molecular complexity index is 1080. The highest BCUT2D eigenvalue weighted by Crippen LogP contribution is 2.37. The molecule has 1 aliphatic heterocycles. The molecule has 0 bridgehead atoms. The van der Waals surface area contributed by atoms with Crippen LogP contribution in [0.25, 0.3) is 0 Å². The molecule has 3 rings (SSSR count). The van der Waals surface area contributed by atoms with Gasteiger partial charge in [0.25, 0.3) is 5.91 Å². The molecule has 35 heavy (non-hydrogen) atoms. The van der Waals surface area contributed by atoms with Crippen molar-refractivity contribution in [2.75, 3.05) is 25.5 Å². The number of aryl methyl sites for hydroxylation is 2. The molecular weight excluding hydrogens is 498 g/mol. The van der Waals surface area contributed by atoms with Gasteiger partial charge in [0.2, 0.25) is 5.91 Å². The molecule has 2 aromatic carbocycles. The fourth-order valence-corrected chi connectivity index (χ4v) is 4.22. The Hall–Kier alpha value is -2.75. The fraction of sp³-hybridized carbons (Fsp3) is 0.417. The van der Waals surface area contributed by atoms with Crippen LogP contribution < -0.4 is 0 Å². The van der Waals surface area contributed by atoms with Gasteiger partial charge in [-0.05, 0) is 55.2 Å². The molecule has 1 saturated heterocycles. The average molecular weight is 521 g/mol. The summed E-state index contributed by atoms with van der Waals surface area (Å²) < 4.78 is 79.8. The van der Waals surface area contributed by atoms with Gasteiger partial charge in [-0.3, -0.25) is 9.59 Å². The van der Waals surface area contributed by atoms with Gasteiger partial charge in [0.1, 0.15) is 5.88 Å². The maximum absolute atomic E-state index is 13.3. The van der Waals surface area contributed by atoms with E-state index in [1.807, 2.05) is 32.0 Å². The zero-order chi connectivity index (χ0) is 26.1. The monoisotopic (exact) mass is 520 g/mol. The average Bonchev–Trinajstić information content (AvgIpc) is 2.79. The Kier molecular flexibility index (Phi) is 7.74. The summed E-state index contributed by atoms with van der Waals surface area (Å²) in [5.74, 6) is -1.62. The van der Waals surface area contributed by atoms with Crippen LogP contribution in [0.1, 0.15) is 38.2 Å². The number of halogens is 7. The van der Waals surface area contributed by atoms with E-state index in [4.69, 9.17) is 11.6 Å². The Morgan fingerprint density at radius 2 is 1.51 bits per heavy atom. The summed E-state index contributed by atoms with van der Waals surface area (Å²) in [5, 5.41) is 0. The van der Waals surface area contributed by atoms with Gasteiger partial charge >= 0.3 is 12.4 Å². The van der Waals surface area contributed by atoms with Crippen LogP contribution in [0.4, 0.5) is 26.3 Å². The molecule has 2 amide bonds. The van der Waals surface area contributed by atoms with Crippen LogP contribution in [-0.2, 0) is 23.6 Å². The summed E-state index contributed by atoms with van der Waals surface area (Å²) in [6.45, 7) is 3.87. The molecule has 2 aromatic rings. The van der Waals surface area contributed by atoms with E-state index in [-0.39, 0.29) is 43.9 Å². The summed E-state index contributed by atoms with van der Waals surface area (Å²) in [6, 6.07) is 5.78. The Labute approximate surface area is 203 Å². The number of hydrogen-bond acceptors (Lipinski definition) is 2. The van der Waals surface area contributed by atoms with Gasteiger partial charge in [-0.1, -0.05) is 18.2 Å². The highest BCUT2D eigenvalue weighted by Gasteiger charge is 2.39. The molecule has 0 radical (unpaired) electrons. The summed E-state index contributed by atoms with van der Waals surface area (Å²) in [6.07, 6.45) is -9.88. The van der Waals surface area contributed by atoms with Gasteiger partial charge in [-0.15, -0.1) is 11.6 Å². The van der Waals surface area contributed by atoms with Crippen LogP contribution in [0.3, 0.4) is 0 Å². The number of carbonyl (C=O) groups is 2. The Morgan fingerprint density at radius 3 is 2.03 bits per heavy atom. The van der Waals surface area contributed by atoms with Crippen LogP contribution in [0.5, 0.6) is 0 Å². The number of amides is 2. The highest BCUT2D eigenvalue weighted by atomic mass is 35.5. The smallest absolute Gasteiger partial charge is 0.338 e. The van der Waals surface area contributed by atoms with Crippen molar-refractivity contribution >= 4 is 23.4 Å². The number of benzene rings is 2. The number of hydrogen-bond donors (Lipinski definition) is 0. The van der Waals surface area contributed by atoms with Crippen molar-refractivity contribution in [2.24, 2.45) is 0 Å². The van der Waals surface area contributed by atoms with E-state index in [1.54, 1.807) is 0 Å². The van der Waals surface area contributed by atoms with Crippen molar-refractivity contribution in [3.05, 3.63) is 69.8 Å². The lowest BCUT2D eigenvalue weighted by Crippen LogP contribution is -2.57. The molecule has 11 heteroatoms. The first kappa shape index (κ1) is 26.8. The lowest BCUT2D eigenvalue weighted by Gasteiger charge is -2.41. The topological polar surface area (TPSA) is 40.6 Å². The molecule has 1 fully saturated rings. The summed E-state index contributed by atoms with van der Waals surface area (Å²) in [4.78, 5) is 28.1. The molecule has 1 aliphatic rings. The lowest BCUT2D eigenvalue weighted by atomic mass is 9.97. The first-order valence-electron chi connectivity index (χ1n) is 10.7. The molecule has 0 spiro atoms. The van der Waals surface area contributed by atoms with Gasteiger partial charge in [-0.2, -0.15) is 26.3 Å². The van der Waals surface area contributed by atoms with Crippen LogP contribution in [0.15, 0.2) is 36.4 Å². The SMILES string of the molecule is Cc1ccc(C[C@@H]2CN(C(=O)CCl)CCN2C(=O)c2cc(C(F)(F)F)cc(C(F)(F)F)c2)cc1C. The first-order chi connectivity index (χ1) is 16.2. The van der Waals surface area contributed by atoms with E-state index in [2.05, 4.69) is 0 Å². The van der Waals surface area contributed by atoms with Crippen molar-refractivity contribution in [1.82, 2.24) is 9.80 Å². The predicted molar refractivity (Wildman–Crippen MR) is 118 cm³/mol. The summed E-state index contributed by atoms with van der Waals surface area (Å²) in [5.41, 5.74) is -0.995. The first-order valence-corrected chi connectivity index (χ1v) is 11.2. The molecule has 0 unspecified atom stereocenters. The fourth-order valence-electron chi connectivity index (χ4n) is 4.06. The number of alkyl halides is 7. The third kappa shape index (κ3) is 6.28. The molecule has 190 valence electrons. The third-order valence-electron chi connectivity index (χ3n) is 6.09. The molecule has 0 aromatic heterocycles. The molecule has 1 heterocycles. The van der Waals surface area contributed by atoms with Gasteiger partial charge in [-0.25, -0.2) is 0 Å². The number of rotatable bonds is 4. The zero-order valence-electron chi connectivity index (χ0n) is 18.9. The Balaban J connectivity index is 2.00. The minimum absolute atomic E-state index is 0.0135. The zero-order valence-corrected chi connectivity index (χ0v) is 19.7. The van der Waals surface area contributed by atoms with E-state index in [0.29, 0.717) is 12.1 Å². The van der Waals surface area contributed by atoms with Gasteiger partial charge in [0.05, 0.1) is 17.2 Å². The normalized spacial score (nSPS) is 17.0. The van der Waals surface area contributed by atoms with E-state index >= 15 is 0 Å². The molecule has 4 nitrogen and oxygen atoms in total. The second kappa shape index (κ2) is 10.1. The van der Waals surface area contributed by atoms with Crippen LogP contribution in [0, 0.1) is 13.8 Å². The molecule has 0 aliphatic carbocycles. The Morgan fingerprint density at radius 1 is 0.914 bits per heavy atom.